The summed E-state index contributed by atoms with van der Waals surface area (Å²) >= 11 is 1.39. The molecular formula is C19H18N4O4S2. The molecule has 150 valence electrons. The highest BCUT2D eigenvalue weighted by molar-refractivity contribution is 7.99. The van der Waals surface area contributed by atoms with Gasteiger partial charge in [-0.25, -0.2) is 12.7 Å². The zero-order valence-electron chi connectivity index (χ0n) is 15.4. The maximum absolute atomic E-state index is 12.7. The van der Waals surface area contributed by atoms with Crippen LogP contribution in [-0.2, 0) is 16.6 Å². The first-order chi connectivity index (χ1) is 14.1. The first-order valence-electron chi connectivity index (χ1n) is 9.30. The molecule has 3 heterocycles. The van der Waals surface area contributed by atoms with Gasteiger partial charge >= 0.3 is 0 Å². The second-order valence-electron chi connectivity index (χ2n) is 7.01. The van der Waals surface area contributed by atoms with Crippen LogP contribution >= 0.6 is 11.8 Å². The van der Waals surface area contributed by atoms with Gasteiger partial charge in [-0.05, 0) is 37.1 Å². The van der Waals surface area contributed by atoms with Gasteiger partial charge in [-0.1, -0.05) is 23.9 Å². The summed E-state index contributed by atoms with van der Waals surface area (Å²) in [6.45, 7) is 0.605. The zero-order valence-corrected chi connectivity index (χ0v) is 17.0. The van der Waals surface area contributed by atoms with Gasteiger partial charge in [-0.2, -0.15) is 0 Å². The molecular weight excluding hydrogens is 412 g/mol. The first-order valence-corrected chi connectivity index (χ1v) is 11.7. The molecule has 1 aliphatic heterocycles. The lowest BCUT2D eigenvalue weighted by Crippen LogP contribution is -2.32. The van der Waals surface area contributed by atoms with Crippen molar-refractivity contribution >= 4 is 27.7 Å². The molecule has 10 heteroatoms. The Hall–Kier alpha value is -2.59. The van der Waals surface area contributed by atoms with Gasteiger partial charge in [0.15, 0.2) is 5.16 Å². The summed E-state index contributed by atoms with van der Waals surface area (Å²) in [7, 11) is -3.79. The van der Waals surface area contributed by atoms with Gasteiger partial charge in [0.05, 0.1) is 18.4 Å². The molecule has 0 unspecified atom stereocenters. The Balaban J connectivity index is 1.32. The van der Waals surface area contributed by atoms with Crippen molar-refractivity contribution in [2.24, 2.45) is 0 Å². The third-order valence-electron chi connectivity index (χ3n) is 5.02. The van der Waals surface area contributed by atoms with E-state index in [0.717, 1.165) is 28.7 Å². The Morgan fingerprint density at radius 3 is 2.69 bits per heavy atom. The summed E-state index contributed by atoms with van der Waals surface area (Å²) in [5.74, 6) is 2.07. The van der Waals surface area contributed by atoms with Crippen molar-refractivity contribution in [1.29, 1.82) is 0 Å². The van der Waals surface area contributed by atoms with E-state index in [-0.39, 0.29) is 17.0 Å². The maximum Gasteiger partial charge on any atom is 0.269 e. The van der Waals surface area contributed by atoms with Crippen LogP contribution in [0.5, 0.6) is 0 Å². The number of hydrogen-bond donors (Lipinski definition) is 0. The van der Waals surface area contributed by atoms with Crippen LogP contribution in [0, 0.1) is 0 Å². The van der Waals surface area contributed by atoms with Crippen molar-refractivity contribution < 1.29 is 17.6 Å². The number of carbonyl (C=O) groups excluding carboxylic acids is 1. The van der Waals surface area contributed by atoms with Crippen LogP contribution in [0.2, 0.25) is 0 Å². The van der Waals surface area contributed by atoms with E-state index in [1.165, 1.54) is 17.8 Å². The Morgan fingerprint density at radius 2 is 1.97 bits per heavy atom. The SMILES string of the molecule is O=C1c2ccccc2S(=O)(=O)N1CCSc1nnc(C2CC2)n1Cc1ccco1. The van der Waals surface area contributed by atoms with Crippen molar-refractivity contribution in [1.82, 2.24) is 19.1 Å². The molecule has 1 amide bonds. The van der Waals surface area contributed by atoms with Crippen molar-refractivity contribution in [2.75, 3.05) is 12.3 Å². The molecule has 0 saturated heterocycles. The van der Waals surface area contributed by atoms with Crippen LogP contribution in [0.1, 0.15) is 40.7 Å². The fourth-order valence-electron chi connectivity index (χ4n) is 3.43. The lowest BCUT2D eigenvalue weighted by Gasteiger charge is -2.14. The first kappa shape index (κ1) is 18.4. The fraction of sp³-hybridized carbons (Fsp3) is 0.316. The Morgan fingerprint density at radius 1 is 1.14 bits per heavy atom. The van der Waals surface area contributed by atoms with Crippen LogP contribution in [0.4, 0.5) is 0 Å². The molecule has 29 heavy (non-hydrogen) atoms. The zero-order chi connectivity index (χ0) is 20.0. The van der Waals surface area contributed by atoms with Crippen LogP contribution in [0.3, 0.4) is 0 Å². The Labute approximate surface area is 172 Å². The molecule has 0 N–H and O–H groups in total. The van der Waals surface area contributed by atoms with Crippen molar-refractivity contribution in [3.63, 3.8) is 0 Å². The number of fused-ring (bicyclic) bond motifs is 1. The predicted octanol–water partition coefficient (Wildman–Crippen LogP) is 2.73. The highest BCUT2D eigenvalue weighted by Crippen LogP contribution is 2.40. The highest BCUT2D eigenvalue weighted by atomic mass is 32.2. The number of benzene rings is 1. The largest absolute Gasteiger partial charge is 0.467 e. The number of aromatic nitrogens is 3. The average Bonchev–Trinajstić information content (AvgIpc) is 3.22. The minimum Gasteiger partial charge on any atom is -0.467 e. The third kappa shape index (κ3) is 3.25. The minimum absolute atomic E-state index is 0.0759. The van der Waals surface area contributed by atoms with E-state index < -0.39 is 15.9 Å². The number of amides is 1. The van der Waals surface area contributed by atoms with E-state index in [1.54, 1.807) is 24.5 Å². The quantitative estimate of drug-likeness (QED) is 0.532. The Bertz CT molecular complexity index is 1170. The number of furan rings is 1. The highest BCUT2D eigenvalue weighted by Gasteiger charge is 2.40. The van der Waals surface area contributed by atoms with Crippen LogP contribution in [0.25, 0.3) is 0 Å². The number of rotatable bonds is 7. The van der Waals surface area contributed by atoms with Crippen LogP contribution in [-0.4, -0.2) is 45.7 Å². The summed E-state index contributed by atoms with van der Waals surface area (Å²) < 4.78 is 33.8. The summed E-state index contributed by atoms with van der Waals surface area (Å²) in [6, 6.07) is 10.0. The van der Waals surface area contributed by atoms with E-state index in [0.29, 0.717) is 23.4 Å². The number of hydrogen-bond acceptors (Lipinski definition) is 7. The fourth-order valence-corrected chi connectivity index (χ4v) is 5.98. The molecule has 0 atom stereocenters. The van der Waals surface area contributed by atoms with Gasteiger partial charge in [-0.15, -0.1) is 10.2 Å². The van der Waals surface area contributed by atoms with Crippen LogP contribution in [0.15, 0.2) is 57.1 Å². The summed E-state index contributed by atoms with van der Waals surface area (Å²) in [4.78, 5) is 12.6. The number of carbonyl (C=O) groups is 1. The third-order valence-corrected chi connectivity index (χ3v) is 7.81. The maximum atomic E-state index is 12.7. The molecule has 1 saturated carbocycles. The molecule has 2 aliphatic rings. The molecule has 0 radical (unpaired) electrons. The second-order valence-corrected chi connectivity index (χ2v) is 9.90. The number of thioether (sulfide) groups is 1. The molecule has 3 aromatic rings. The molecule has 2 aromatic heterocycles. The lowest BCUT2D eigenvalue weighted by molar-refractivity contribution is 0.0876. The molecule has 1 fully saturated rings. The van der Waals surface area contributed by atoms with E-state index in [1.807, 2.05) is 16.7 Å². The topological polar surface area (TPSA) is 98.3 Å². The van der Waals surface area contributed by atoms with Crippen LogP contribution < -0.4 is 0 Å². The summed E-state index contributed by atoms with van der Waals surface area (Å²) in [5, 5.41) is 9.33. The van der Waals surface area contributed by atoms with Gasteiger partial charge < -0.3 is 4.42 Å². The molecule has 5 rings (SSSR count). The molecule has 0 spiro atoms. The van der Waals surface area contributed by atoms with E-state index in [2.05, 4.69) is 10.2 Å². The predicted molar refractivity (Wildman–Crippen MR) is 105 cm³/mol. The van der Waals surface area contributed by atoms with Crippen molar-refractivity contribution in [3.05, 3.63) is 59.8 Å². The van der Waals surface area contributed by atoms with Gasteiger partial charge in [0.1, 0.15) is 16.5 Å². The van der Waals surface area contributed by atoms with E-state index in [9.17, 15) is 13.2 Å². The Kier molecular flexibility index (Phi) is 4.47. The molecule has 8 nitrogen and oxygen atoms in total. The molecule has 1 aromatic carbocycles. The second kappa shape index (κ2) is 7.03. The molecule has 0 bridgehead atoms. The van der Waals surface area contributed by atoms with Gasteiger partial charge in [0.2, 0.25) is 0 Å². The van der Waals surface area contributed by atoms with Gasteiger partial charge in [-0.3, -0.25) is 9.36 Å². The van der Waals surface area contributed by atoms with E-state index in [4.69, 9.17) is 4.42 Å². The van der Waals surface area contributed by atoms with Crippen molar-refractivity contribution in [2.45, 2.75) is 35.4 Å². The number of nitrogens with zero attached hydrogens (tertiary/aromatic N) is 4. The minimum atomic E-state index is -3.79. The number of sulfonamides is 1. The lowest BCUT2D eigenvalue weighted by atomic mass is 10.2. The van der Waals surface area contributed by atoms with Crippen molar-refractivity contribution in [3.8, 4) is 0 Å². The van der Waals surface area contributed by atoms with E-state index >= 15 is 0 Å². The smallest absolute Gasteiger partial charge is 0.269 e. The van der Waals surface area contributed by atoms with Gasteiger partial charge in [0, 0.05) is 18.2 Å². The van der Waals surface area contributed by atoms with Gasteiger partial charge in [0.25, 0.3) is 15.9 Å². The summed E-state index contributed by atoms with van der Waals surface area (Å²) in [6.07, 6.45) is 3.82. The monoisotopic (exact) mass is 430 g/mol. The average molecular weight is 431 g/mol. The standard InChI is InChI=1S/C19H18N4O4S2/c24-18-15-5-1-2-6-16(15)29(25,26)23(18)9-11-28-19-21-20-17(13-7-8-13)22(19)12-14-4-3-10-27-14/h1-6,10,13H,7-9,11-12H2. The summed E-state index contributed by atoms with van der Waals surface area (Å²) in [5.41, 5.74) is 0.231. The molecule has 1 aliphatic carbocycles. The normalized spacial score (nSPS) is 17.7.